The van der Waals surface area contributed by atoms with Gasteiger partial charge in [-0.1, -0.05) is 30.7 Å². The highest BCUT2D eigenvalue weighted by molar-refractivity contribution is 6.17. The normalized spacial score (nSPS) is 19.3. The third-order valence-corrected chi connectivity index (χ3v) is 5.70. The fourth-order valence-corrected chi connectivity index (χ4v) is 4.36. The van der Waals surface area contributed by atoms with E-state index in [9.17, 15) is 9.59 Å². The summed E-state index contributed by atoms with van der Waals surface area (Å²) in [4.78, 5) is 32.6. The van der Waals surface area contributed by atoms with Gasteiger partial charge in [-0.15, -0.1) is 0 Å². The van der Waals surface area contributed by atoms with Gasteiger partial charge in [0.2, 0.25) is 5.91 Å². The number of amides is 2. The van der Waals surface area contributed by atoms with Gasteiger partial charge in [0.05, 0.1) is 29.2 Å². The van der Waals surface area contributed by atoms with Crippen molar-refractivity contribution in [3.63, 3.8) is 0 Å². The fraction of sp³-hybridized carbons (Fsp3) is 0.391. The number of rotatable bonds is 4. The van der Waals surface area contributed by atoms with E-state index < -0.39 is 0 Å². The topological polar surface area (TPSA) is 55.9 Å². The van der Waals surface area contributed by atoms with Gasteiger partial charge in [0.25, 0.3) is 5.91 Å². The summed E-state index contributed by atoms with van der Waals surface area (Å²) in [5.41, 5.74) is 2.53. The van der Waals surface area contributed by atoms with Crippen LogP contribution in [0.4, 0.5) is 17.1 Å². The first-order valence-corrected chi connectivity index (χ1v) is 10.3. The van der Waals surface area contributed by atoms with Crippen molar-refractivity contribution in [3.8, 4) is 0 Å². The van der Waals surface area contributed by atoms with Gasteiger partial charge in [-0.3, -0.25) is 19.4 Å². The number of nitrogens with zero attached hydrogens (tertiary/aromatic N) is 3. The van der Waals surface area contributed by atoms with E-state index in [1.807, 2.05) is 42.5 Å². The van der Waals surface area contributed by atoms with Crippen molar-refractivity contribution < 1.29 is 9.59 Å². The van der Waals surface area contributed by atoms with E-state index >= 15 is 0 Å². The summed E-state index contributed by atoms with van der Waals surface area (Å²) in [6.45, 7) is 2.22. The Balaban J connectivity index is 1.69. The molecule has 152 valence electrons. The molecule has 0 aliphatic carbocycles. The molecule has 1 N–H and O–H groups in total. The Morgan fingerprint density at radius 1 is 1.07 bits per heavy atom. The summed E-state index contributed by atoms with van der Waals surface area (Å²) in [5, 5.41) is 2.95. The predicted octanol–water partition coefficient (Wildman–Crippen LogP) is 3.33. The van der Waals surface area contributed by atoms with Gasteiger partial charge < -0.3 is 10.2 Å². The number of likely N-dealkylation sites (tertiary alicyclic amines) is 1. The number of anilines is 3. The number of likely N-dealkylation sites (N-methyl/N-ethyl adjacent to an activating group) is 1. The van der Waals surface area contributed by atoms with E-state index in [0.29, 0.717) is 29.5 Å². The average molecular weight is 393 g/mol. The maximum absolute atomic E-state index is 13.6. The molecule has 0 saturated carbocycles. The molecule has 2 aliphatic rings. The second-order valence-electron chi connectivity index (χ2n) is 8.10. The number of hydrogen-bond acceptors (Lipinski definition) is 4. The molecule has 0 spiro atoms. The van der Waals surface area contributed by atoms with Crippen molar-refractivity contribution in [2.45, 2.75) is 25.3 Å². The molecule has 2 aromatic rings. The molecule has 0 radical (unpaired) electrons. The Kier molecular flexibility index (Phi) is 5.65. The van der Waals surface area contributed by atoms with Crippen LogP contribution in [0.2, 0.25) is 0 Å². The Bertz CT molecular complexity index is 911. The number of carbonyl (C=O) groups excluding carboxylic acids is 2. The van der Waals surface area contributed by atoms with Gasteiger partial charge in [-0.25, -0.2) is 0 Å². The van der Waals surface area contributed by atoms with Crippen LogP contribution in [0, 0.1) is 0 Å². The highest BCUT2D eigenvalue weighted by Crippen LogP contribution is 2.38. The van der Waals surface area contributed by atoms with Crippen LogP contribution < -0.4 is 10.2 Å². The third-order valence-electron chi connectivity index (χ3n) is 5.70. The maximum Gasteiger partial charge on any atom is 0.257 e. The van der Waals surface area contributed by atoms with Gasteiger partial charge in [0, 0.05) is 12.6 Å². The van der Waals surface area contributed by atoms with E-state index in [-0.39, 0.29) is 11.8 Å². The first-order chi connectivity index (χ1) is 14.0. The Morgan fingerprint density at radius 3 is 2.59 bits per heavy atom. The molecule has 1 saturated heterocycles. The molecule has 2 aliphatic heterocycles. The first-order valence-electron chi connectivity index (χ1n) is 10.3. The first kappa shape index (κ1) is 19.6. The standard InChI is InChI=1S/C23H28N4O2/c1-25(2)15-17-9-7-8-14-26(17)16-22(28)27-20-12-5-3-10-18(20)23(29)24-19-11-4-6-13-21(19)27/h3-6,10-13,17H,7-9,14-16H2,1-2H3,(H,24,29). The second kappa shape index (κ2) is 8.35. The summed E-state index contributed by atoms with van der Waals surface area (Å²) >= 11 is 0. The molecular weight excluding hydrogens is 364 g/mol. The summed E-state index contributed by atoms with van der Waals surface area (Å²) < 4.78 is 0. The SMILES string of the molecule is CN(C)CC1CCCCN1CC(=O)N1c2ccccc2NC(=O)c2ccccc21. The van der Waals surface area contributed by atoms with Crippen LogP contribution in [0.25, 0.3) is 0 Å². The largest absolute Gasteiger partial charge is 0.320 e. The summed E-state index contributed by atoms with van der Waals surface area (Å²) in [6.07, 6.45) is 3.43. The molecule has 6 nitrogen and oxygen atoms in total. The van der Waals surface area contributed by atoms with Crippen LogP contribution in [0.5, 0.6) is 0 Å². The highest BCUT2D eigenvalue weighted by Gasteiger charge is 2.32. The van der Waals surface area contributed by atoms with Crippen LogP contribution in [-0.4, -0.2) is 61.4 Å². The van der Waals surface area contributed by atoms with Gasteiger partial charge in [0.15, 0.2) is 0 Å². The van der Waals surface area contributed by atoms with E-state index in [2.05, 4.69) is 29.2 Å². The number of piperidine rings is 1. The molecule has 1 fully saturated rings. The number of benzene rings is 2. The van der Waals surface area contributed by atoms with Crippen molar-refractivity contribution >= 4 is 28.9 Å². The van der Waals surface area contributed by atoms with Crippen molar-refractivity contribution in [2.75, 3.05) is 43.9 Å². The predicted molar refractivity (Wildman–Crippen MR) is 116 cm³/mol. The van der Waals surface area contributed by atoms with Crippen LogP contribution >= 0.6 is 0 Å². The van der Waals surface area contributed by atoms with E-state index in [0.717, 1.165) is 31.6 Å². The lowest BCUT2D eigenvalue weighted by atomic mass is 10.0. The highest BCUT2D eigenvalue weighted by atomic mass is 16.2. The van der Waals surface area contributed by atoms with Crippen LogP contribution in [0.1, 0.15) is 29.6 Å². The zero-order chi connectivity index (χ0) is 20.4. The number of para-hydroxylation sites is 3. The number of nitrogens with one attached hydrogen (secondary N) is 1. The molecule has 2 heterocycles. The summed E-state index contributed by atoms with van der Waals surface area (Å²) in [6, 6.07) is 15.2. The van der Waals surface area contributed by atoms with Crippen molar-refractivity contribution in [2.24, 2.45) is 0 Å². The summed E-state index contributed by atoms with van der Waals surface area (Å²) in [5.74, 6) is -0.195. The molecule has 0 aromatic heterocycles. The Labute approximate surface area is 172 Å². The lowest BCUT2D eigenvalue weighted by Gasteiger charge is -2.38. The quantitative estimate of drug-likeness (QED) is 0.867. The third kappa shape index (κ3) is 4.04. The number of fused-ring (bicyclic) bond motifs is 2. The minimum absolute atomic E-state index is 0.00736. The average Bonchev–Trinajstić information content (AvgIpc) is 2.83. The Hall–Kier alpha value is -2.70. The molecule has 2 aromatic carbocycles. The maximum atomic E-state index is 13.6. The van der Waals surface area contributed by atoms with Gasteiger partial charge >= 0.3 is 0 Å². The van der Waals surface area contributed by atoms with Gasteiger partial charge in [-0.2, -0.15) is 0 Å². The summed E-state index contributed by atoms with van der Waals surface area (Å²) in [7, 11) is 4.15. The monoisotopic (exact) mass is 392 g/mol. The zero-order valence-electron chi connectivity index (χ0n) is 17.1. The van der Waals surface area contributed by atoms with E-state index in [1.165, 1.54) is 6.42 Å². The van der Waals surface area contributed by atoms with Crippen LogP contribution in [0.3, 0.4) is 0 Å². The molecule has 0 bridgehead atoms. The van der Waals surface area contributed by atoms with Crippen molar-refractivity contribution in [1.29, 1.82) is 0 Å². The van der Waals surface area contributed by atoms with E-state index in [4.69, 9.17) is 0 Å². The lowest BCUT2D eigenvalue weighted by molar-refractivity contribution is -0.120. The lowest BCUT2D eigenvalue weighted by Crippen LogP contribution is -2.49. The number of hydrogen-bond donors (Lipinski definition) is 1. The van der Waals surface area contributed by atoms with Gasteiger partial charge in [-0.05, 0) is 57.7 Å². The molecular formula is C23H28N4O2. The Morgan fingerprint density at radius 2 is 1.79 bits per heavy atom. The minimum atomic E-state index is -0.188. The van der Waals surface area contributed by atoms with E-state index in [1.54, 1.807) is 11.0 Å². The second-order valence-corrected chi connectivity index (χ2v) is 8.10. The van der Waals surface area contributed by atoms with Crippen molar-refractivity contribution in [3.05, 3.63) is 54.1 Å². The smallest absolute Gasteiger partial charge is 0.257 e. The molecule has 2 amide bonds. The van der Waals surface area contributed by atoms with Crippen LogP contribution in [-0.2, 0) is 4.79 Å². The molecule has 4 rings (SSSR count). The molecule has 6 heteroatoms. The molecule has 1 atom stereocenters. The fourth-order valence-electron chi connectivity index (χ4n) is 4.36. The van der Waals surface area contributed by atoms with Crippen molar-refractivity contribution in [1.82, 2.24) is 9.80 Å². The van der Waals surface area contributed by atoms with Gasteiger partial charge in [0.1, 0.15) is 0 Å². The molecule has 1 unspecified atom stereocenters. The number of carbonyl (C=O) groups is 2. The zero-order valence-corrected chi connectivity index (χ0v) is 17.1. The molecule has 29 heavy (non-hydrogen) atoms. The van der Waals surface area contributed by atoms with Crippen LogP contribution in [0.15, 0.2) is 48.5 Å². The minimum Gasteiger partial charge on any atom is -0.320 e.